The Balaban J connectivity index is 3.02. The molecule has 1 rings (SSSR count). The van der Waals surface area contributed by atoms with Crippen molar-refractivity contribution in [1.82, 2.24) is 9.55 Å². The van der Waals surface area contributed by atoms with Crippen LogP contribution < -0.4 is 4.90 Å². The first-order valence-corrected chi connectivity index (χ1v) is 4.32. The lowest BCUT2D eigenvalue weighted by molar-refractivity contribution is -0.142. The van der Waals surface area contributed by atoms with Crippen LogP contribution in [0.3, 0.4) is 0 Å². The van der Waals surface area contributed by atoms with Gasteiger partial charge in [0.2, 0.25) is 5.95 Å². The fourth-order valence-electron chi connectivity index (χ4n) is 1.07. The molecule has 0 saturated heterocycles. The Kier molecular flexibility index (Phi) is 2.51. The molecule has 1 N–H and O–H groups in total. The first-order chi connectivity index (χ1) is 6.37. The highest BCUT2D eigenvalue weighted by molar-refractivity contribution is 5.81. The summed E-state index contributed by atoms with van der Waals surface area (Å²) in [6, 6.07) is 0. The molecule has 0 amide bonds. The molecule has 0 aliphatic rings. The average Bonchev–Trinajstić information content (AvgIpc) is 2.49. The van der Waals surface area contributed by atoms with Crippen molar-refractivity contribution in [3.05, 3.63) is 12.4 Å². The summed E-state index contributed by atoms with van der Waals surface area (Å²) in [5.41, 5.74) is -0.959. The Morgan fingerprint density at radius 1 is 1.64 bits per heavy atom. The largest absolute Gasteiger partial charge is 0.480 e. The number of aryl methyl sites for hydroxylation is 1. The third kappa shape index (κ3) is 1.57. The van der Waals surface area contributed by atoms with Crippen LogP contribution in [0.2, 0.25) is 0 Å². The second kappa shape index (κ2) is 3.32. The number of anilines is 1. The molecule has 1 aromatic rings. The van der Waals surface area contributed by atoms with E-state index in [1.165, 1.54) is 0 Å². The summed E-state index contributed by atoms with van der Waals surface area (Å²) < 4.78 is 1.78. The predicted molar refractivity (Wildman–Crippen MR) is 53.3 cm³/mol. The number of aromatic nitrogens is 2. The zero-order chi connectivity index (χ0) is 10.9. The van der Waals surface area contributed by atoms with Gasteiger partial charge in [0.15, 0.2) is 0 Å². The Labute approximate surface area is 83.0 Å². The second-order valence-electron chi connectivity index (χ2n) is 3.76. The van der Waals surface area contributed by atoms with Gasteiger partial charge >= 0.3 is 5.97 Å². The number of carboxylic acids is 1. The van der Waals surface area contributed by atoms with E-state index in [2.05, 4.69) is 4.98 Å². The SMILES string of the molecule is CN(c1nccn1C)C(C)(C)C(=O)O. The van der Waals surface area contributed by atoms with E-state index >= 15 is 0 Å². The summed E-state index contributed by atoms with van der Waals surface area (Å²) >= 11 is 0. The molecule has 0 aromatic carbocycles. The Hall–Kier alpha value is -1.52. The number of nitrogens with zero attached hydrogens (tertiary/aromatic N) is 3. The standard InChI is InChI=1S/C9H15N3O2/c1-9(2,7(13)14)12(4)8-10-5-6-11(8)3/h5-6H,1-4H3,(H,13,14). The molecule has 0 unspecified atom stereocenters. The summed E-state index contributed by atoms with van der Waals surface area (Å²) in [4.78, 5) is 16.7. The lowest BCUT2D eigenvalue weighted by atomic mass is 10.1. The Morgan fingerprint density at radius 2 is 2.21 bits per heavy atom. The number of likely N-dealkylation sites (N-methyl/N-ethyl adjacent to an activating group) is 1. The van der Waals surface area contributed by atoms with Crippen LogP contribution in [0.4, 0.5) is 5.95 Å². The predicted octanol–water partition coefficient (Wildman–Crippen LogP) is 0.720. The summed E-state index contributed by atoms with van der Waals surface area (Å²) in [5.74, 6) is -0.236. The molecule has 0 fully saturated rings. The monoisotopic (exact) mass is 197 g/mol. The van der Waals surface area contributed by atoms with Gasteiger partial charge in [-0.2, -0.15) is 0 Å². The molecule has 0 bridgehead atoms. The van der Waals surface area contributed by atoms with E-state index in [-0.39, 0.29) is 0 Å². The van der Waals surface area contributed by atoms with Crippen LogP contribution in [0.15, 0.2) is 12.4 Å². The molecule has 78 valence electrons. The van der Waals surface area contributed by atoms with E-state index in [9.17, 15) is 4.79 Å². The lowest BCUT2D eigenvalue weighted by Gasteiger charge is -2.32. The van der Waals surface area contributed by atoms with Gasteiger partial charge in [-0.3, -0.25) is 0 Å². The van der Waals surface area contributed by atoms with E-state index in [1.807, 2.05) is 7.05 Å². The number of hydrogen-bond acceptors (Lipinski definition) is 3. The summed E-state index contributed by atoms with van der Waals surface area (Å²) in [7, 11) is 3.55. The van der Waals surface area contributed by atoms with Crippen molar-refractivity contribution >= 4 is 11.9 Å². The molecule has 0 aliphatic heterocycles. The molecule has 14 heavy (non-hydrogen) atoms. The third-order valence-corrected chi connectivity index (χ3v) is 2.46. The van der Waals surface area contributed by atoms with Crippen molar-refractivity contribution in [1.29, 1.82) is 0 Å². The van der Waals surface area contributed by atoms with Crippen LogP contribution in [0.5, 0.6) is 0 Å². The van der Waals surface area contributed by atoms with E-state index < -0.39 is 11.5 Å². The molecule has 5 nitrogen and oxygen atoms in total. The minimum atomic E-state index is -0.959. The molecule has 0 saturated carbocycles. The van der Waals surface area contributed by atoms with Gasteiger partial charge in [0.25, 0.3) is 0 Å². The van der Waals surface area contributed by atoms with Gasteiger partial charge in [0.1, 0.15) is 5.54 Å². The minimum absolute atomic E-state index is 0.636. The first-order valence-electron chi connectivity index (χ1n) is 4.32. The fraction of sp³-hybridized carbons (Fsp3) is 0.556. The average molecular weight is 197 g/mol. The zero-order valence-electron chi connectivity index (χ0n) is 8.85. The zero-order valence-corrected chi connectivity index (χ0v) is 8.85. The highest BCUT2D eigenvalue weighted by Gasteiger charge is 2.33. The molecule has 0 radical (unpaired) electrons. The van der Waals surface area contributed by atoms with Gasteiger partial charge < -0.3 is 14.6 Å². The van der Waals surface area contributed by atoms with Crippen molar-refractivity contribution in [2.24, 2.45) is 7.05 Å². The number of imidazole rings is 1. The summed E-state index contributed by atoms with van der Waals surface area (Å²) in [5, 5.41) is 9.02. The molecule has 1 heterocycles. The van der Waals surface area contributed by atoms with Gasteiger partial charge in [-0.15, -0.1) is 0 Å². The summed E-state index contributed by atoms with van der Waals surface area (Å²) in [6.07, 6.45) is 3.42. The number of aliphatic carboxylic acids is 1. The number of carboxylic acid groups (broad SMARTS) is 1. The highest BCUT2D eigenvalue weighted by Crippen LogP contribution is 2.19. The van der Waals surface area contributed by atoms with Gasteiger partial charge in [0.05, 0.1) is 0 Å². The van der Waals surface area contributed by atoms with Gasteiger partial charge in [-0.25, -0.2) is 9.78 Å². The maximum Gasteiger partial charge on any atom is 0.329 e. The smallest absolute Gasteiger partial charge is 0.329 e. The normalized spacial score (nSPS) is 11.4. The molecular formula is C9H15N3O2. The van der Waals surface area contributed by atoms with Crippen LogP contribution in [0.1, 0.15) is 13.8 Å². The molecule has 5 heteroatoms. The van der Waals surface area contributed by atoms with Crippen molar-refractivity contribution in [3.63, 3.8) is 0 Å². The van der Waals surface area contributed by atoms with Gasteiger partial charge in [0, 0.05) is 26.5 Å². The van der Waals surface area contributed by atoms with Crippen LogP contribution in [0, 0.1) is 0 Å². The van der Waals surface area contributed by atoms with Crippen molar-refractivity contribution in [2.75, 3.05) is 11.9 Å². The van der Waals surface area contributed by atoms with E-state index in [0.717, 1.165) is 0 Å². The number of carbonyl (C=O) groups is 1. The Morgan fingerprint density at radius 3 is 2.57 bits per heavy atom. The van der Waals surface area contributed by atoms with Crippen molar-refractivity contribution < 1.29 is 9.90 Å². The quantitative estimate of drug-likeness (QED) is 0.775. The first kappa shape index (κ1) is 10.6. The van der Waals surface area contributed by atoms with Crippen LogP contribution >= 0.6 is 0 Å². The van der Waals surface area contributed by atoms with Crippen LogP contribution in [-0.4, -0.2) is 33.2 Å². The van der Waals surface area contributed by atoms with Crippen LogP contribution in [0.25, 0.3) is 0 Å². The minimum Gasteiger partial charge on any atom is -0.480 e. The van der Waals surface area contributed by atoms with E-state index in [4.69, 9.17) is 5.11 Å². The molecule has 0 atom stereocenters. The topological polar surface area (TPSA) is 58.4 Å². The fourth-order valence-corrected chi connectivity index (χ4v) is 1.07. The Bertz CT molecular complexity index is 344. The number of rotatable bonds is 3. The third-order valence-electron chi connectivity index (χ3n) is 2.46. The lowest BCUT2D eigenvalue weighted by Crippen LogP contribution is -2.49. The highest BCUT2D eigenvalue weighted by atomic mass is 16.4. The van der Waals surface area contributed by atoms with E-state index in [0.29, 0.717) is 5.95 Å². The summed E-state index contributed by atoms with van der Waals surface area (Å²) in [6.45, 7) is 3.29. The van der Waals surface area contributed by atoms with Gasteiger partial charge in [-0.1, -0.05) is 0 Å². The molecule has 0 aliphatic carbocycles. The maximum absolute atomic E-state index is 11.0. The maximum atomic E-state index is 11.0. The molecule has 1 aromatic heterocycles. The molecular weight excluding hydrogens is 182 g/mol. The van der Waals surface area contributed by atoms with Crippen LogP contribution in [-0.2, 0) is 11.8 Å². The molecule has 0 spiro atoms. The van der Waals surface area contributed by atoms with Gasteiger partial charge in [-0.05, 0) is 13.8 Å². The van der Waals surface area contributed by atoms with E-state index in [1.54, 1.807) is 42.8 Å². The van der Waals surface area contributed by atoms with Crippen molar-refractivity contribution in [3.8, 4) is 0 Å². The van der Waals surface area contributed by atoms with Crippen molar-refractivity contribution in [2.45, 2.75) is 19.4 Å². The second-order valence-corrected chi connectivity index (χ2v) is 3.76. The number of hydrogen-bond donors (Lipinski definition) is 1.